The normalized spacial score (nSPS) is 11.7. The molecule has 0 saturated carbocycles. The summed E-state index contributed by atoms with van der Waals surface area (Å²) in [5.41, 5.74) is 11.0. The first-order chi connectivity index (χ1) is 19.3. The molecule has 0 atom stereocenters. The number of hydrogen-bond donors (Lipinski definition) is 0. The van der Waals surface area contributed by atoms with E-state index < -0.39 is 0 Å². The van der Waals surface area contributed by atoms with Crippen LogP contribution in [0.1, 0.15) is 5.56 Å². The van der Waals surface area contributed by atoms with Crippen LogP contribution in [0.2, 0.25) is 0 Å². The number of benzene rings is 6. The van der Waals surface area contributed by atoms with Gasteiger partial charge in [0.05, 0.1) is 27.8 Å². The van der Waals surface area contributed by atoms with Gasteiger partial charge in [0.2, 0.25) is 0 Å². The zero-order valence-electron chi connectivity index (χ0n) is 21.7. The van der Waals surface area contributed by atoms with E-state index in [0.29, 0.717) is 0 Å². The van der Waals surface area contributed by atoms with Crippen LogP contribution in [0, 0.1) is 6.92 Å². The molecule has 184 valence electrons. The molecular weight excluding hydrogens is 472 g/mol. The molecule has 0 fully saturated rings. The minimum Gasteiger partial charge on any atom is -0.309 e. The predicted octanol–water partition coefficient (Wildman–Crippen LogP) is 9.86. The molecule has 6 aromatic carbocycles. The van der Waals surface area contributed by atoms with Crippen LogP contribution in [0.3, 0.4) is 0 Å². The van der Waals surface area contributed by atoms with E-state index in [9.17, 15) is 0 Å². The monoisotopic (exact) mass is 498 g/mol. The zero-order valence-corrected chi connectivity index (χ0v) is 21.7. The van der Waals surface area contributed by atoms with E-state index in [4.69, 9.17) is 0 Å². The molecule has 39 heavy (non-hydrogen) atoms. The number of aryl methyl sites for hydroxylation is 1. The molecule has 0 saturated heterocycles. The molecular formula is C37H26N2. The average Bonchev–Trinajstić information content (AvgIpc) is 3.50. The highest BCUT2D eigenvalue weighted by Gasteiger charge is 2.20. The van der Waals surface area contributed by atoms with Crippen LogP contribution >= 0.6 is 0 Å². The first kappa shape index (κ1) is 22.0. The van der Waals surface area contributed by atoms with Crippen molar-refractivity contribution >= 4 is 43.6 Å². The standard InChI is InChI=1S/C37H26N2/c1-25-23-27(38-33-19-9-5-15-28(33)29-16-6-10-20-34(29)38)24-32(26-13-3-2-4-14-26)37(25)39-35-21-11-7-17-30(35)31-18-8-12-22-36(31)39/h2-24H,1H3. The van der Waals surface area contributed by atoms with Crippen molar-refractivity contribution in [3.05, 3.63) is 145 Å². The maximum Gasteiger partial charge on any atom is 0.0571 e. The highest BCUT2D eigenvalue weighted by molar-refractivity contribution is 6.11. The van der Waals surface area contributed by atoms with Crippen molar-refractivity contribution < 1.29 is 0 Å². The molecule has 0 bridgehead atoms. The molecule has 2 heterocycles. The summed E-state index contributed by atoms with van der Waals surface area (Å²) in [6.45, 7) is 2.25. The molecule has 0 amide bonds. The van der Waals surface area contributed by atoms with E-state index in [1.54, 1.807) is 0 Å². The second kappa shape index (κ2) is 8.47. The summed E-state index contributed by atoms with van der Waals surface area (Å²) in [4.78, 5) is 0. The number of rotatable bonds is 3. The SMILES string of the molecule is Cc1cc(-n2c3ccccc3c3ccccc32)cc(-c2ccccc2)c1-n1c2ccccc2c2ccccc21. The van der Waals surface area contributed by atoms with Gasteiger partial charge in [-0.05, 0) is 54.4 Å². The van der Waals surface area contributed by atoms with Gasteiger partial charge >= 0.3 is 0 Å². The molecule has 0 N–H and O–H groups in total. The Balaban J connectivity index is 1.51. The quantitative estimate of drug-likeness (QED) is 0.229. The fraction of sp³-hybridized carbons (Fsp3) is 0.0270. The van der Waals surface area contributed by atoms with Gasteiger partial charge in [-0.25, -0.2) is 0 Å². The third-order valence-electron chi connectivity index (χ3n) is 8.01. The van der Waals surface area contributed by atoms with Crippen molar-refractivity contribution in [2.24, 2.45) is 0 Å². The van der Waals surface area contributed by atoms with Crippen molar-refractivity contribution in [1.29, 1.82) is 0 Å². The summed E-state index contributed by atoms with van der Waals surface area (Å²) in [5, 5.41) is 5.10. The Labute approximate surface area is 227 Å². The van der Waals surface area contributed by atoms with Gasteiger partial charge in [-0.15, -0.1) is 0 Å². The van der Waals surface area contributed by atoms with Crippen molar-refractivity contribution in [3.8, 4) is 22.5 Å². The number of nitrogens with zero attached hydrogens (tertiary/aromatic N) is 2. The minimum atomic E-state index is 1.17. The van der Waals surface area contributed by atoms with Gasteiger partial charge in [0.25, 0.3) is 0 Å². The third-order valence-corrected chi connectivity index (χ3v) is 8.01. The van der Waals surface area contributed by atoms with Crippen molar-refractivity contribution in [3.63, 3.8) is 0 Å². The summed E-state index contributed by atoms with van der Waals surface area (Å²) in [7, 11) is 0. The fourth-order valence-electron chi connectivity index (χ4n) is 6.39. The molecule has 0 radical (unpaired) electrons. The molecule has 2 heteroatoms. The lowest BCUT2D eigenvalue weighted by Gasteiger charge is -2.20. The maximum atomic E-state index is 2.46. The maximum absolute atomic E-state index is 2.46. The molecule has 8 aromatic rings. The topological polar surface area (TPSA) is 9.86 Å². The zero-order chi connectivity index (χ0) is 25.9. The molecule has 0 spiro atoms. The van der Waals surface area contributed by atoms with Crippen LogP contribution in [0.15, 0.2) is 140 Å². The highest BCUT2D eigenvalue weighted by Crippen LogP contribution is 2.40. The second-order valence-electron chi connectivity index (χ2n) is 10.3. The molecule has 0 unspecified atom stereocenters. The molecule has 2 aromatic heterocycles. The predicted molar refractivity (Wildman–Crippen MR) is 165 cm³/mol. The Hall–Kier alpha value is -5.08. The van der Waals surface area contributed by atoms with Gasteiger partial charge in [-0.3, -0.25) is 0 Å². The fourth-order valence-corrected chi connectivity index (χ4v) is 6.39. The highest BCUT2D eigenvalue weighted by atomic mass is 15.0. The number of aromatic nitrogens is 2. The van der Waals surface area contributed by atoms with Crippen molar-refractivity contribution in [1.82, 2.24) is 9.13 Å². The van der Waals surface area contributed by atoms with Crippen LogP contribution in [0.4, 0.5) is 0 Å². The second-order valence-corrected chi connectivity index (χ2v) is 10.3. The van der Waals surface area contributed by atoms with Gasteiger partial charge in [-0.1, -0.05) is 103 Å². The number of para-hydroxylation sites is 4. The Morgan fingerprint density at radius 3 is 1.31 bits per heavy atom. The van der Waals surface area contributed by atoms with Gasteiger partial charge in [0, 0.05) is 32.8 Å². The number of hydrogen-bond acceptors (Lipinski definition) is 0. The first-order valence-electron chi connectivity index (χ1n) is 13.5. The molecule has 2 nitrogen and oxygen atoms in total. The van der Waals surface area contributed by atoms with Crippen LogP contribution in [0.25, 0.3) is 66.1 Å². The molecule has 0 aliphatic carbocycles. The van der Waals surface area contributed by atoms with Crippen molar-refractivity contribution in [2.75, 3.05) is 0 Å². The van der Waals surface area contributed by atoms with Crippen LogP contribution in [0.5, 0.6) is 0 Å². The van der Waals surface area contributed by atoms with Gasteiger partial charge < -0.3 is 9.13 Å². The smallest absolute Gasteiger partial charge is 0.0571 e. The van der Waals surface area contributed by atoms with Gasteiger partial charge in [0.15, 0.2) is 0 Å². The summed E-state index contributed by atoms with van der Waals surface area (Å²) in [6, 6.07) is 50.5. The summed E-state index contributed by atoms with van der Waals surface area (Å²) in [6.07, 6.45) is 0. The van der Waals surface area contributed by atoms with E-state index in [0.717, 1.165) is 0 Å². The van der Waals surface area contributed by atoms with Gasteiger partial charge in [0.1, 0.15) is 0 Å². The third kappa shape index (κ3) is 3.22. The Morgan fingerprint density at radius 2 is 0.821 bits per heavy atom. The van der Waals surface area contributed by atoms with Crippen molar-refractivity contribution in [2.45, 2.75) is 6.92 Å². The van der Waals surface area contributed by atoms with Crippen LogP contribution in [-0.2, 0) is 0 Å². The summed E-state index contributed by atoms with van der Waals surface area (Å²) >= 11 is 0. The first-order valence-corrected chi connectivity index (χ1v) is 13.5. The largest absolute Gasteiger partial charge is 0.309 e. The summed E-state index contributed by atoms with van der Waals surface area (Å²) in [5.74, 6) is 0. The van der Waals surface area contributed by atoms with Crippen LogP contribution in [-0.4, -0.2) is 9.13 Å². The van der Waals surface area contributed by atoms with E-state index >= 15 is 0 Å². The average molecular weight is 499 g/mol. The lowest BCUT2D eigenvalue weighted by molar-refractivity contribution is 1.12. The van der Waals surface area contributed by atoms with E-state index in [1.807, 2.05) is 0 Å². The van der Waals surface area contributed by atoms with E-state index in [-0.39, 0.29) is 0 Å². The minimum absolute atomic E-state index is 1.17. The lowest BCUT2D eigenvalue weighted by atomic mass is 9.98. The van der Waals surface area contributed by atoms with Crippen LogP contribution < -0.4 is 0 Å². The molecule has 0 aliphatic rings. The molecule has 8 rings (SSSR count). The van der Waals surface area contributed by atoms with Gasteiger partial charge in [-0.2, -0.15) is 0 Å². The molecule has 0 aliphatic heterocycles. The lowest BCUT2D eigenvalue weighted by Crippen LogP contribution is -2.03. The summed E-state index contributed by atoms with van der Waals surface area (Å²) < 4.78 is 4.87. The Morgan fingerprint density at radius 1 is 0.410 bits per heavy atom. The van der Waals surface area contributed by atoms with E-state index in [1.165, 1.54) is 71.7 Å². The number of fused-ring (bicyclic) bond motifs is 6. The Kier molecular flexibility index (Phi) is 4.77. The Bertz CT molecular complexity index is 2070. The van der Waals surface area contributed by atoms with E-state index in [2.05, 4.69) is 156 Å².